The van der Waals surface area contributed by atoms with Gasteiger partial charge in [0.25, 0.3) is 0 Å². The van der Waals surface area contributed by atoms with Gasteiger partial charge in [0, 0.05) is 13.1 Å². The Hall–Kier alpha value is -2.08. The number of carbonyl (C=O) groups is 2. The van der Waals surface area contributed by atoms with Gasteiger partial charge in [-0.1, -0.05) is 12.1 Å². The number of hydrogen-bond acceptors (Lipinski definition) is 4. The number of ether oxygens (including phenoxy) is 1. The molecule has 2 rings (SSSR count). The van der Waals surface area contributed by atoms with Gasteiger partial charge in [-0.25, -0.2) is 0 Å². The zero-order chi connectivity index (χ0) is 18.3. The molecule has 1 aromatic rings. The molecule has 0 saturated heterocycles. The molecule has 1 saturated carbocycles. The van der Waals surface area contributed by atoms with Gasteiger partial charge in [0.1, 0.15) is 11.2 Å². The Bertz CT molecular complexity index is 597. The van der Waals surface area contributed by atoms with E-state index < -0.39 is 5.41 Å². The molecule has 0 aromatic heterocycles. The van der Waals surface area contributed by atoms with Crippen LogP contribution in [0.3, 0.4) is 0 Å². The minimum atomic E-state index is -0.841. The summed E-state index contributed by atoms with van der Waals surface area (Å²) in [5.41, 5.74) is 0.254. The van der Waals surface area contributed by atoms with Crippen molar-refractivity contribution in [1.82, 2.24) is 15.5 Å². The molecule has 0 spiro atoms. The van der Waals surface area contributed by atoms with Crippen molar-refractivity contribution in [2.75, 3.05) is 40.8 Å². The standard InChI is InChI=1S/C19H29N3O3/c1-22(2)13-5-11-20-17(23)19(9-10-19)18(24)21-12-8-15-6-4-7-16(14-15)25-3/h4,6-7,14H,5,8-13H2,1-3H3,(H,20,23)(H,21,24). The minimum absolute atomic E-state index is 0.134. The van der Waals surface area contributed by atoms with Gasteiger partial charge >= 0.3 is 0 Å². The minimum Gasteiger partial charge on any atom is -0.497 e. The van der Waals surface area contributed by atoms with Crippen molar-refractivity contribution >= 4 is 11.8 Å². The van der Waals surface area contributed by atoms with Crippen molar-refractivity contribution in [2.24, 2.45) is 5.41 Å². The average Bonchev–Trinajstić information content (AvgIpc) is 3.40. The molecular formula is C19H29N3O3. The van der Waals surface area contributed by atoms with E-state index in [1.165, 1.54) is 0 Å². The number of nitrogens with zero attached hydrogens (tertiary/aromatic N) is 1. The lowest BCUT2D eigenvalue weighted by atomic mass is 10.0. The predicted octanol–water partition coefficient (Wildman–Crippen LogP) is 1.20. The molecule has 0 unspecified atom stereocenters. The first kappa shape index (κ1) is 19.2. The molecule has 6 heteroatoms. The van der Waals surface area contributed by atoms with Crippen molar-refractivity contribution in [1.29, 1.82) is 0 Å². The van der Waals surface area contributed by atoms with E-state index in [1.807, 2.05) is 38.4 Å². The van der Waals surface area contributed by atoms with Crippen LogP contribution in [-0.4, -0.2) is 57.6 Å². The zero-order valence-corrected chi connectivity index (χ0v) is 15.4. The number of carbonyl (C=O) groups excluding carboxylic acids is 2. The molecule has 0 aliphatic heterocycles. The topological polar surface area (TPSA) is 70.7 Å². The fourth-order valence-electron chi connectivity index (χ4n) is 2.77. The molecule has 0 heterocycles. The van der Waals surface area contributed by atoms with Crippen molar-refractivity contribution in [2.45, 2.75) is 25.7 Å². The number of amides is 2. The molecule has 0 bridgehead atoms. The Morgan fingerprint density at radius 3 is 2.44 bits per heavy atom. The first-order chi connectivity index (χ1) is 12.0. The Morgan fingerprint density at radius 2 is 1.84 bits per heavy atom. The maximum atomic E-state index is 12.4. The second-order valence-electron chi connectivity index (χ2n) is 6.85. The van der Waals surface area contributed by atoms with Crippen LogP contribution in [0, 0.1) is 5.41 Å². The monoisotopic (exact) mass is 347 g/mol. The summed E-state index contributed by atoms with van der Waals surface area (Å²) in [5.74, 6) is 0.519. The summed E-state index contributed by atoms with van der Waals surface area (Å²) in [5, 5.41) is 5.81. The fourth-order valence-corrected chi connectivity index (χ4v) is 2.77. The van der Waals surface area contributed by atoms with Crippen molar-refractivity contribution < 1.29 is 14.3 Å². The van der Waals surface area contributed by atoms with Crippen LogP contribution in [0.5, 0.6) is 5.75 Å². The van der Waals surface area contributed by atoms with Crippen molar-refractivity contribution in [3.05, 3.63) is 29.8 Å². The summed E-state index contributed by atoms with van der Waals surface area (Å²) in [6, 6.07) is 7.77. The lowest BCUT2D eigenvalue weighted by molar-refractivity contribution is -0.137. The Balaban J connectivity index is 1.74. The lowest BCUT2D eigenvalue weighted by Crippen LogP contribution is -2.44. The van der Waals surface area contributed by atoms with Gasteiger partial charge in [-0.05, 0) is 64.0 Å². The van der Waals surface area contributed by atoms with Gasteiger partial charge in [-0.2, -0.15) is 0 Å². The van der Waals surface area contributed by atoms with Crippen LogP contribution in [-0.2, 0) is 16.0 Å². The molecule has 0 atom stereocenters. The number of nitrogens with one attached hydrogen (secondary N) is 2. The Morgan fingerprint density at radius 1 is 1.16 bits per heavy atom. The smallest absolute Gasteiger partial charge is 0.235 e. The Kier molecular flexibility index (Phi) is 6.82. The normalized spacial score (nSPS) is 14.9. The number of methoxy groups -OCH3 is 1. The van der Waals surface area contributed by atoms with Gasteiger partial charge in [-0.3, -0.25) is 9.59 Å². The van der Waals surface area contributed by atoms with E-state index in [1.54, 1.807) is 7.11 Å². The summed E-state index contributed by atoms with van der Waals surface area (Å²) in [4.78, 5) is 26.8. The van der Waals surface area contributed by atoms with Gasteiger partial charge in [-0.15, -0.1) is 0 Å². The highest BCUT2D eigenvalue weighted by Crippen LogP contribution is 2.46. The molecule has 6 nitrogen and oxygen atoms in total. The molecule has 138 valence electrons. The first-order valence-corrected chi connectivity index (χ1v) is 8.82. The van der Waals surface area contributed by atoms with Crippen LogP contribution >= 0.6 is 0 Å². The molecule has 1 aromatic carbocycles. The van der Waals surface area contributed by atoms with Gasteiger partial charge in [0.05, 0.1) is 7.11 Å². The summed E-state index contributed by atoms with van der Waals surface area (Å²) >= 11 is 0. The average molecular weight is 347 g/mol. The molecule has 0 radical (unpaired) electrons. The molecule has 25 heavy (non-hydrogen) atoms. The van der Waals surface area contributed by atoms with Crippen LogP contribution in [0.4, 0.5) is 0 Å². The SMILES string of the molecule is COc1cccc(CCNC(=O)C2(C(=O)NCCCN(C)C)CC2)c1. The maximum Gasteiger partial charge on any atom is 0.235 e. The quantitative estimate of drug-likeness (QED) is 0.493. The van der Waals surface area contributed by atoms with Crippen molar-refractivity contribution in [3.63, 3.8) is 0 Å². The van der Waals surface area contributed by atoms with E-state index >= 15 is 0 Å². The third-order valence-electron chi connectivity index (χ3n) is 4.52. The van der Waals surface area contributed by atoms with Crippen LogP contribution in [0.15, 0.2) is 24.3 Å². The summed E-state index contributed by atoms with van der Waals surface area (Å²) < 4.78 is 5.20. The summed E-state index contributed by atoms with van der Waals surface area (Å²) in [6.07, 6.45) is 2.87. The van der Waals surface area contributed by atoms with Crippen molar-refractivity contribution in [3.8, 4) is 5.75 Å². The highest BCUT2D eigenvalue weighted by atomic mass is 16.5. The second-order valence-corrected chi connectivity index (χ2v) is 6.85. The Labute approximate surface area is 149 Å². The van der Waals surface area contributed by atoms with Crippen LogP contribution in [0.1, 0.15) is 24.8 Å². The number of hydrogen-bond donors (Lipinski definition) is 2. The molecule has 1 aliphatic rings. The van der Waals surface area contributed by atoms with Crippen LogP contribution in [0.2, 0.25) is 0 Å². The van der Waals surface area contributed by atoms with E-state index in [0.717, 1.165) is 24.3 Å². The van der Waals surface area contributed by atoms with Gasteiger partial charge < -0.3 is 20.3 Å². The third-order valence-corrected chi connectivity index (χ3v) is 4.52. The molecule has 2 amide bonds. The zero-order valence-electron chi connectivity index (χ0n) is 15.4. The fraction of sp³-hybridized carbons (Fsp3) is 0.579. The largest absolute Gasteiger partial charge is 0.497 e. The van der Waals surface area contributed by atoms with E-state index in [-0.39, 0.29) is 11.8 Å². The van der Waals surface area contributed by atoms with Gasteiger partial charge in [0.15, 0.2) is 0 Å². The van der Waals surface area contributed by atoms with E-state index in [9.17, 15) is 9.59 Å². The number of rotatable bonds is 10. The molecular weight excluding hydrogens is 318 g/mol. The first-order valence-electron chi connectivity index (χ1n) is 8.82. The molecule has 1 aliphatic carbocycles. The highest BCUT2D eigenvalue weighted by molar-refractivity contribution is 6.07. The van der Waals surface area contributed by atoms with E-state index in [4.69, 9.17) is 4.74 Å². The summed E-state index contributed by atoms with van der Waals surface area (Å²) in [7, 11) is 5.63. The van der Waals surface area contributed by atoms with E-state index in [2.05, 4.69) is 15.5 Å². The number of benzene rings is 1. The molecule has 2 N–H and O–H groups in total. The summed E-state index contributed by atoms with van der Waals surface area (Å²) in [6.45, 7) is 2.04. The predicted molar refractivity (Wildman–Crippen MR) is 97.6 cm³/mol. The lowest BCUT2D eigenvalue weighted by Gasteiger charge is -2.16. The van der Waals surface area contributed by atoms with Crippen LogP contribution < -0.4 is 15.4 Å². The third kappa shape index (κ3) is 5.46. The highest BCUT2D eigenvalue weighted by Gasteiger charge is 2.56. The van der Waals surface area contributed by atoms with Gasteiger partial charge in [0.2, 0.25) is 11.8 Å². The van der Waals surface area contributed by atoms with E-state index in [0.29, 0.717) is 32.4 Å². The van der Waals surface area contributed by atoms with Crippen LogP contribution in [0.25, 0.3) is 0 Å². The second kappa shape index (κ2) is 8.85. The molecule has 1 fully saturated rings. The maximum absolute atomic E-state index is 12.4.